The van der Waals surface area contributed by atoms with E-state index in [9.17, 15) is 45.3 Å². The molecule has 15 heteroatoms. The number of nitrogens with zero attached hydrogens (tertiary/aromatic N) is 1. The van der Waals surface area contributed by atoms with Gasteiger partial charge in [-0.1, -0.05) is 51.0 Å². The molecule has 0 aromatic carbocycles. The van der Waals surface area contributed by atoms with Crippen molar-refractivity contribution in [2.45, 2.75) is 160 Å². The van der Waals surface area contributed by atoms with Gasteiger partial charge in [-0.15, -0.1) is 0 Å². The van der Waals surface area contributed by atoms with Crippen LogP contribution in [0.1, 0.15) is 123 Å². The number of allylic oxidation sites excluding steroid dienone is 4. The smallest absolute Gasteiger partial charge is 0.310 e. The zero-order valence-electron chi connectivity index (χ0n) is 38.6. The SMILES string of the molecule is CC1(CO)CCC2(C(=O)O)CCC34CCC5=CC(C6CC(=O)NC6C(CCCN)c6cnc[nH]6)C6C(O)C(OC7OCC(O)C(O)C7O)C(C)(CO)C7CCC3(C)C5(CC=C4C2C1)C67C. The molecule has 7 aliphatic carbocycles. The van der Waals surface area contributed by atoms with Gasteiger partial charge in [0.25, 0.3) is 0 Å². The number of carboxylic acids is 1. The van der Waals surface area contributed by atoms with Gasteiger partial charge in [-0.3, -0.25) is 9.59 Å². The second-order valence-corrected chi connectivity index (χ2v) is 23.5. The predicted octanol–water partition coefficient (Wildman–Crippen LogP) is 3.29. The summed E-state index contributed by atoms with van der Waals surface area (Å²) in [4.78, 5) is 35.2. The number of aliphatic hydroxyl groups is 6. The molecule has 10 rings (SSSR count). The van der Waals surface area contributed by atoms with E-state index in [0.29, 0.717) is 51.5 Å². The summed E-state index contributed by atoms with van der Waals surface area (Å²) in [6, 6.07) is -0.317. The molecule has 3 heterocycles. The maximum Gasteiger partial charge on any atom is 0.310 e. The number of carbonyl (C=O) groups excluding carboxylic acids is 1. The van der Waals surface area contributed by atoms with Crippen molar-refractivity contribution in [3.63, 3.8) is 0 Å². The van der Waals surface area contributed by atoms with E-state index in [1.807, 2.05) is 13.1 Å². The Morgan fingerprint density at radius 1 is 1.02 bits per heavy atom. The molecular weight excluding hydrogens is 833 g/mol. The van der Waals surface area contributed by atoms with Gasteiger partial charge in [0.15, 0.2) is 6.29 Å². The number of rotatable bonds is 11. The number of aromatic amines is 1. The van der Waals surface area contributed by atoms with Gasteiger partial charge in [-0.05, 0) is 129 Å². The number of amides is 1. The van der Waals surface area contributed by atoms with Crippen LogP contribution in [0.4, 0.5) is 0 Å². The number of hydrogen-bond acceptors (Lipinski definition) is 12. The normalized spacial score (nSPS) is 51.4. The van der Waals surface area contributed by atoms with Gasteiger partial charge < -0.3 is 61.3 Å². The first kappa shape index (κ1) is 46.0. The van der Waals surface area contributed by atoms with Crippen LogP contribution in [0.15, 0.2) is 35.8 Å². The number of nitrogens with one attached hydrogen (secondary N) is 2. The summed E-state index contributed by atoms with van der Waals surface area (Å²) in [6.45, 7) is 8.76. The quantitative estimate of drug-likeness (QED) is 0.113. The van der Waals surface area contributed by atoms with Crippen molar-refractivity contribution in [2.75, 3.05) is 26.4 Å². The number of imidazole rings is 1. The minimum Gasteiger partial charge on any atom is -0.481 e. The molecule has 360 valence electrons. The van der Waals surface area contributed by atoms with Crippen LogP contribution in [-0.4, -0.2) is 127 Å². The summed E-state index contributed by atoms with van der Waals surface area (Å²) in [5.74, 6) is -2.49. The molecule has 1 aromatic rings. The maximum absolute atomic E-state index is 13.9. The minimum absolute atomic E-state index is 0.00664. The molecule has 0 radical (unpaired) electrons. The third kappa shape index (κ3) is 5.88. The number of nitrogens with two attached hydrogens (primary N) is 1. The Kier molecular flexibility index (Phi) is 11.1. The minimum atomic E-state index is -1.61. The summed E-state index contributed by atoms with van der Waals surface area (Å²) in [5.41, 5.74) is 5.32. The molecule has 20 atom stereocenters. The summed E-state index contributed by atoms with van der Waals surface area (Å²) >= 11 is 0. The molecule has 2 spiro atoms. The van der Waals surface area contributed by atoms with E-state index < -0.39 is 70.4 Å². The number of ether oxygens (including phenoxy) is 2. The Bertz CT molecular complexity index is 2100. The second kappa shape index (κ2) is 15.6. The van der Waals surface area contributed by atoms with E-state index >= 15 is 0 Å². The molecule has 1 amide bonds. The molecule has 65 heavy (non-hydrogen) atoms. The molecule has 2 bridgehead atoms. The Morgan fingerprint density at radius 3 is 2.48 bits per heavy atom. The van der Waals surface area contributed by atoms with Crippen molar-refractivity contribution in [1.82, 2.24) is 15.3 Å². The number of carbonyl (C=O) groups is 2. The highest BCUT2D eigenvalue weighted by Crippen LogP contribution is 2.87. The highest BCUT2D eigenvalue weighted by Gasteiger charge is 2.82. The third-order valence-electron chi connectivity index (χ3n) is 21.3. The number of hydrogen-bond donors (Lipinski definition) is 10. The number of carboxylic acid groups (broad SMARTS) is 1. The Hall–Kier alpha value is -2.73. The molecule has 20 unspecified atom stereocenters. The van der Waals surface area contributed by atoms with Gasteiger partial charge in [-0.2, -0.15) is 0 Å². The Balaban J connectivity index is 1.17. The number of aliphatic carboxylic acids is 1. The van der Waals surface area contributed by atoms with Crippen LogP contribution in [0.25, 0.3) is 0 Å². The number of fused-ring (bicyclic) bond motifs is 2. The fraction of sp³-hybridized carbons (Fsp3) is 0.820. The van der Waals surface area contributed by atoms with E-state index in [1.165, 1.54) is 11.1 Å². The molecular formula is C50H74N4O11. The van der Waals surface area contributed by atoms with Gasteiger partial charge in [0, 0.05) is 53.6 Å². The van der Waals surface area contributed by atoms with Crippen LogP contribution in [0.2, 0.25) is 0 Å². The van der Waals surface area contributed by atoms with Crippen molar-refractivity contribution in [2.24, 2.45) is 73.2 Å². The van der Waals surface area contributed by atoms with Crippen LogP contribution in [0.3, 0.4) is 0 Å². The van der Waals surface area contributed by atoms with E-state index in [1.54, 1.807) is 6.33 Å². The maximum atomic E-state index is 13.9. The zero-order valence-corrected chi connectivity index (χ0v) is 38.6. The largest absolute Gasteiger partial charge is 0.481 e. The molecule has 2 aliphatic heterocycles. The number of H-pyrrole nitrogens is 1. The summed E-state index contributed by atoms with van der Waals surface area (Å²) in [7, 11) is 0. The van der Waals surface area contributed by atoms with E-state index in [-0.39, 0.29) is 84.0 Å². The van der Waals surface area contributed by atoms with Crippen molar-refractivity contribution in [3.8, 4) is 0 Å². The lowest BCUT2D eigenvalue weighted by molar-refractivity contribution is -0.357. The predicted molar refractivity (Wildman–Crippen MR) is 236 cm³/mol. The summed E-state index contributed by atoms with van der Waals surface area (Å²) in [5, 5.41) is 83.1. The van der Waals surface area contributed by atoms with Crippen molar-refractivity contribution >= 4 is 11.9 Å². The van der Waals surface area contributed by atoms with E-state index in [2.05, 4.69) is 48.2 Å². The third-order valence-corrected chi connectivity index (χ3v) is 21.3. The van der Waals surface area contributed by atoms with Gasteiger partial charge >= 0.3 is 5.97 Å². The van der Waals surface area contributed by atoms with Gasteiger partial charge in [0.05, 0.1) is 37.2 Å². The molecule has 1 aromatic heterocycles. The monoisotopic (exact) mass is 907 g/mol. The first-order chi connectivity index (χ1) is 30.9. The van der Waals surface area contributed by atoms with Gasteiger partial charge in [0.2, 0.25) is 5.91 Å². The standard InChI is InChI=1S/C50H74N4O11/c1-44(23-55)13-14-48(43(62)63)15-16-49-11-7-26-18-28(29-19-35(58)54-37(29)27(6-5-17-51)32-21-52-25-53-32)36-39(60)41(65-42-40(61)38(59)33(57)22-64-42)45(2,24-56)34-9-10-46(49,3)50(26,47(34,36)4)12-8-30(49)31(48)20-44/h8,18,21,25,27-29,31,33-34,36-42,55-57,59-61H,5-7,9-17,19-20,22-24,51H2,1-4H3,(H,52,53)(H,54,58)(H,62,63). The van der Waals surface area contributed by atoms with Crippen molar-refractivity contribution < 1.29 is 54.8 Å². The van der Waals surface area contributed by atoms with Crippen LogP contribution in [0.5, 0.6) is 0 Å². The molecule has 11 N–H and O–H groups in total. The van der Waals surface area contributed by atoms with Crippen molar-refractivity contribution in [3.05, 3.63) is 41.5 Å². The molecule has 15 nitrogen and oxygen atoms in total. The summed E-state index contributed by atoms with van der Waals surface area (Å²) in [6.07, 6.45) is 8.72. The molecule has 2 saturated heterocycles. The average molecular weight is 907 g/mol. The van der Waals surface area contributed by atoms with Crippen molar-refractivity contribution in [1.29, 1.82) is 0 Å². The second-order valence-electron chi connectivity index (χ2n) is 23.5. The summed E-state index contributed by atoms with van der Waals surface area (Å²) < 4.78 is 12.6. The fourth-order valence-corrected chi connectivity index (χ4v) is 18.2. The van der Waals surface area contributed by atoms with E-state index in [0.717, 1.165) is 37.8 Å². The highest BCUT2D eigenvalue weighted by atomic mass is 16.7. The van der Waals surface area contributed by atoms with Crippen LogP contribution in [0, 0.1) is 67.5 Å². The fourth-order valence-electron chi connectivity index (χ4n) is 18.2. The van der Waals surface area contributed by atoms with Crippen LogP contribution in [-0.2, 0) is 19.1 Å². The average Bonchev–Trinajstić information content (AvgIpc) is 3.95. The Labute approximate surface area is 382 Å². The van der Waals surface area contributed by atoms with Gasteiger partial charge in [0.1, 0.15) is 18.3 Å². The lowest BCUT2D eigenvalue weighted by Crippen LogP contribution is -2.79. The Morgan fingerprint density at radius 2 is 1.78 bits per heavy atom. The van der Waals surface area contributed by atoms with Crippen LogP contribution < -0.4 is 11.1 Å². The number of aromatic nitrogens is 2. The molecule has 5 saturated carbocycles. The van der Waals surface area contributed by atoms with Gasteiger partial charge in [-0.25, -0.2) is 4.98 Å². The van der Waals surface area contributed by atoms with E-state index in [4.69, 9.17) is 15.2 Å². The zero-order chi connectivity index (χ0) is 46.3. The lowest BCUT2D eigenvalue weighted by atomic mass is 9.22. The molecule has 7 fully saturated rings. The lowest BCUT2D eigenvalue weighted by Gasteiger charge is -2.82. The highest BCUT2D eigenvalue weighted by molar-refractivity contribution is 5.79. The van der Waals surface area contributed by atoms with Crippen LogP contribution >= 0.6 is 0 Å². The number of aliphatic hydroxyl groups excluding tert-OH is 6. The first-order valence-electron chi connectivity index (χ1n) is 24.7. The first-order valence-corrected chi connectivity index (χ1v) is 24.7. The topological polar surface area (TPSA) is 261 Å². The molecule has 9 aliphatic rings.